The van der Waals surface area contributed by atoms with Crippen LogP contribution < -0.4 is 10.6 Å². The molecule has 0 heterocycles. The maximum atomic E-state index is 13.3. The fourth-order valence-corrected chi connectivity index (χ4v) is 1.44. The molecule has 0 aliphatic carbocycles. The molecular formula is C13H17FN2O3. The second-order valence-corrected chi connectivity index (χ2v) is 3.85. The molecule has 0 bridgehead atoms. The normalized spacial score (nSPS) is 10.0. The average Bonchev–Trinajstić information content (AvgIpc) is 2.41. The lowest BCUT2D eigenvalue weighted by Crippen LogP contribution is -2.41. The number of ether oxygens (including phenoxy) is 1. The molecule has 104 valence electrons. The average molecular weight is 268 g/mol. The Morgan fingerprint density at radius 3 is 2.42 bits per heavy atom. The molecule has 0 atom stereocenters. The molecule has 0 saturated heterocycles. The van der Waals surface area contributed by atoms with Crippen LogP contribution in [0.4, 0.5) is 4.39 Å². The van der Waals surface area contributed by atoms with E-state index in [1.165, 1.54) is 13.2 Å². The van der Waals surface area contributed by atoms with Gasteiger partial charge < -0.3 is 15.4 Å². The van der Waals surface area contributed by atoms with Crippen molar-refractivity contribution in [3.05, 3.63) is 35.6 Å². The fourth-order valence-electron chi connectivity index (χ4n) is 1.44. The van der Waals surface area contributed by atoms with Gasteiger partial charge in [0, 0.05) is 20.2 Å². The summed E-state index contributed by atoms with van der Waals surface area (Å²) < 4.78 is 18.0. The van der Waals surface area contributed by atoms with Crippen LogP contribution in [0.5, 0.6) is 0 Å². The van der Waals surface area contributed by atoms with Crippen molar-refractivity contribution in [1.29, 1.82) is 0 Å². The van der Waals surface area contributed by atoms with E-state index < -0.39 is 11.8 Å². The second kappa shape index (κ2) is 8.20. The van der Waals surface area contributed by atoms with E-state index in [1.807, 2.05) is 0 Å². The van der Waals surface area contributed by atoms with Gasteiger partial charge in [0.2, 0.25) is 0 Å². The first-order valence-electron chi connectivity index (χ1n) is 5.93. The molecule has 1 aromatic carbocycles. The SMILES string of the molecule is COCCNC(=O)C(=O)NCCc1ccccc1F. The van der Waals surface area contributed by atoms with Crippen LogP contribution in [0.25, 0.3) is 0 Å². The van der Waals surface area contributed by atoms with Crippen molar-refractivity contribution in [2.75, 3.05) is 26.8 Å². The summed E-state index contributed by atoms with van der Waals surface area (Å²) in [5, 5.41) is 4.82. The highest BCUT2D eigenvalue weighted by molar-refractivity contribution is 6.35. The quantitative estimate of drug-likeness (QED) is 0.574. The molecule has 5 nitrogen and oxygen atoms in total. The number of halogens is 1. The highest BCUT2D eigenvalue weighted by atomic mass is 19.1. The van der Waals surface area contributed by atoms with E-state index in [-0.39, 0.29) is 18.9 Å². The molecule has 2 amide bonds. The van der Waals surface area contributed by atoms with Gasteiger partial charge in [0.15, 0.2) is 0 Å². The number of rotatable bonds is 6. The minimum absolute atomic E-state index is 0.206. The zero-order valence-electron chi connectivity index (χ0n) is 10.7. The summed E-state index contributed by atoms with van der Waals surface area (Å²) in [6.07, 6.45) is 0.337. The van der Waals surface area contributed by atoms with Crippen molar-refractivity contribution in [3.8, 4) is 0 Å². The van der Waals surface area contributed by atoms with E-state index >= 15 is 0 Å². The summed E-state index contributed by atoms with van der Waals surface area (Å²) in [5.41, 5.74) is 0.502. The van der Waals surface area contributed by atoms with Crippen molar-refractivity contribution in [2.24, 2.45) is 0 Å². The van der Waals surface area contributed by atoms with E-state index in [0.717, 1.165) is 0 Å². The summed E-state index contributed by atoms with van der Waals surface area (Å²) in [5.74, 6) is -1.76. The maximum absolute atomic E-state index is 13.3. The molecule has 0 aromatic heterocycles. The second-order valence-electron chi connectivity index (χ2n) is 3.85. The minimum atomic E-state index is -0.729. The van der Waals surface area contributed by atoms with Crippen molar-refractivity contribution in [1.82, 2.24) is 10.6 Å². The van der Waals surface area contributed by atoms with Gasteiger partial charge in [-0.15, -0.1) is 0 Å². The van der Waals surface area contributed by atoms with Crippen LogP contribution in [0, 0.1) is 5.82 Å². The summed E-state index contributed by atoms with van der Waals surface area (Å²) in [6.45, 7) is 0.821. The molecule has 19 heavy (non-hydrogen) atoms. The first kappa shape index (κ1) is 15.1. The standard InChI is InChI=1S/C13H17FN2O3/c1-19-9-8-16-13(18)12(17)15-7-6-10-4-2-3-5-11(10)14/h2-5H,6-9H2,1H3,(H,15,17)(H,16,18). The van der Waals surface area contributed by atoms with Crippen LogP contribution >= 0.6 is 0 Å². The van der Waals surface area contributed by atoms with Gasteiger partial charge in [-0.1, -0.05) is 18.2 Å². The van der Waals surface area contributed by atoms with Crippen molar-refractivity contribution in [3.63, 3.8) is 0 Å². The summed E-state index contributed by atoms with van der Waals surface area (Å²) in [7, 11) is 1.50. The Labute approximate surface area is 111 Å². The number of methoxy groups -OCH3 is 1. The fraction of sp³-hybridized carbons (Fsp3) is 0.385. The van der Waals surface area contributed by atoms with Gasteiger partial charge in [-0.2, -0.15) is 0 Å². The molecule has 0 fully saturated rings. The Kier molecular flexibility index (Phi) is 6.52. The lowest BCUT2D eigenvalue weighted by molar-refractivity contribution is -0.139. The molecule has 6 heteroatoms. The van der Waals surface area contributed by atoms with Crippen LogP contribution in [0.2, 0.25) is 0 Å². The number of amides is 2. The number of hydrogen-bond acceptors (Lipinski definition) is 3. The third-order valence-corrected chi connectivity index (χ3v) is 2.44. The van der Waals surface area contributed by atoms with Gasteiger partial charge in [-0.25, -0.2) is 4.39 Å². The number of carbonyl (C=O) groups excluding carboxylic acids is 2. The van der Waals surface area contributed by atoms with Crippen molar-refractivity contribution < 1.29 is 18.7 Å². The van der Waals surface area contributed by atoms with Gasteiger partial charge in [-0.05, 0) is 18.1 Å². The first-order chi connectivity index (χ1) is 9.15. The van der Waals surface area contributed by atoms with Gasteiger partial charge >= 0.3 is 11.8 Å². The van der Waals surface area contributed by atoms with Crippen LogP contribution in [0.1, 0.15) is 5.56 Å². The van der Waals surface area contributed by atoms with E-state index in [2.05, 4.69) is 10.6 Å². The van der Waals surface area contributed by atoms with Crippen LogP contribution in [-0.2, 0) is 20.7 Å². The molecule has 2 N–H and O–H groups in total. The maximum Gasteiger partial charge on any atom is 0.309 e. The predicted octanol–water partition coefficient (Wildman–Crippen LogP) is 0.247. The first-order valence-corrected chi connectivity index (χ1v) is 5.93. The lowest BCUT2D eigenvalue weighted by Gasteiger charge is -2.06. The monoisotopic (exact) mass is 268 g/mol. The summed E-state index contributed by atoms with van der Waals surface area (Å²) in [4.78, 5) is 22.6. The zero-order valence-corrected chi connectivity index (χ0v) is 10.7. The minimum Gasteiger partial charge on any atom is -0.383 e. The van der Waals surface area contributed by atoms with Gasteiger partial charge in [0.25, 0.3) is 0 Å². The molecule has 0 radical (unpaired) electrons. The Morgan fingerprint density at radius 2 is 1.79 bits per heavy atom. The predicted molar refractivity (Wildman–Crippen MR) is 68.0 cm³/mol. The van der Waals surface area contributed by atoms with E-state index in [0.29, 0.717) is 18.6 Å². The number of hydrogen-bond donors (Lipinski definition) is 2. The van der Waals surface area contributed by atoms with Gasteiger partial charge in [0.05, 0.1) is 6.61 Å². The molecule has 0 aliphatic heterocycles. The van der Waals surface area contributed by atoms with Gasteiger partial charge in [-0.3, -0.25) is 9.59 Å². The number of nitrogens with one attached hydrogen (secondary N) is 2. The molecule has 0 saturated carbocycles. The third kappa shape index (κ3) is 5.48. The number of carbonyl (C=O) groups is 2. The molecule has 1 aromatic rings. The largest absolute Gasteiger partial charge is 0.383 e. The third-order valence-electron chi connectivity index (χ3n) is 2.44. The Hall–Kier alpha value is -1.95. The Morgan fingerprint density at radius 1 is 1.16 bits per heavy atom. The zero-order chi connectivity index (χ0) is 14.1. The highest BCUT2D eigenvalue weighted by Gasteiger charge is 2.12. The van der Waals surface area contributed by atoms with E-state index in [4.69, 9.17) is 4.74 Å². The van der Waals surface area contributed by atoms with Crippen LogP contribution in [0.3, 0.4) is 0 Å². The van der Waals surface area contributed by atoms with Crippen LogP contribution in [-0.4, -0.2) is 38.6 Å². The van der Waals surface area contributed by atoms with Crippen molar-refractivity contribution >= 4 is 11.8 Å². The van der Waals surface area contributed by atoms with Gasteiger partial charge in [0.1, 0.15) is 5.82 Å². The molecule has 1 rings (SSSR count). The molecule has 0 unspecified atom stereocenters. The summed E-state index contributed by atoms with van der Waals surface area (Å²) >= 11 is 0. The summed E-state index contributed by atoms with van der Waals surface area (Å²) in [6, 6.07) is 6.31. The molecular weight excluding hydrogens is 251 g/mol. The topological polar surface area (TPSA) is 67.4 Å². The van der Waals surface area contributed by atoms with E-state index in [1.54, 1.807) is 18.2 Å². The molecule has 0 aliphatic rings. The number of benzene rings is 1. The van der Waals surface area contributed by atoms with E-state index in [9.17, 15) is 14.0 Å². The Balaban J connectivity index is 2.27. The molecule has 0 spiro atoms. The highest BCUT2D eigenvalue weighted by Crippen LogP contribution is 2.05. The van der Waals surface area contributed by atoms with Crippen molar-refractivity contribution in [2.45, 2.75) is 6.42 Å². The van der Waals surface area contributed by atoms with Crippen LogP contribution in [0.15, 0.2) is 24.3 Å². The lowest BCUT2D eigenvalue weighted by atomic mass is 10.1. The smallest absolute Gasteiger partial charge is 0.309 e. The Bertz CT molecular complexity index is 438.